The van der Waals surface area contributed by atoms with Crippen molar-refractivity contribution in [3.05, 3.63) is 158 Å². The number of aliphatic hydroxyl groups is 2. The summed E-state index contributed by atoms with van der Waals surface area (Å²) < 4.78 is 61.5. The number of carbonyl (C=O) groups is 3. The van der Waals surface area contributed by atoms with Crippen molar-refractivity contribution in [2.75, 3.05) is 39.6 Å². The van der Waals surface area contributed by atoms with Crippen LogP contribution in [0.3, 0.4) is 0 Å². The molecule has 0 aliphatic heterocycles. The molecule has 0 heterocycles. The minimum absolute atomic E-state index is 0.0849. The first-order valence-corrected chi connectivity index (χ1v) is 49.8. The number of hydrogen-bond acceptors (Lipinski definition) is 14. The molecule has 0 aromatic carbocycles. The van der Waals surface area contributed by atoms with Crippen LogP contribution >= 0.6 is 15.6 Å². The zero-order valence-corrected chi connectivity index (χ0v) is 75.9. The summed E-state index contributed by atoms with van der Waals surface area (Å²) in [6.45, 7) is 2.46. The Morgan fingerprint density at radius 2 is 0.453 bits per heavy atom. The molecule has 0 spiro atoms. The maximum atomic E-state index is 13.0. The number of carbonyl (C=O) groups excluding carboxylic acids is 3. The summed E-state index contributed by atoms with van der Waals surface area (Å²) >= 11 is 0. The van der Waals surface area contributed by atoms with Crippen molar-refractivity contribution in [3.63, 3.8) is 0 Å². The maximum Gasteiger partial charge on any atom is 0.472 e. The van der Waals surface area contributed by atoms with Gasteiger partial charge in [0.2, 0.25) is 0 Å². The van der Waals surface area contributed by atoms with Gasteiger partial charge in [-0.05, 0) is 148 Å². The van der Waals surface area contributed by atoms with E-state index in [1.165, 1.54) is 167 Å². The summed E-state index contributed by atoms with van der Waals surface area (Å²) in [4.78, 5) is 59.0. The molecule has 5 unspecified atom stereocenters. The van der Waals surface area contributed by atoms with Gasteiger partial charge in [0.05, 0.1) is 26.4 Å². The van der Waals surface area contributed by atoms with Gasteiger partial charge in [0, 0.05) is 19.3 Å². The fourth-order valence-electron chi connectivity index (χ4n) is 12.7. The number of allylic oxidation sites excluding steroid dienone is 26. The summed E-state index contributed by atoms with van der Waals surface area (Å²) in [5.41, 5.74) is 0. The zero-order chi connectivity index (χ0) is 85.1. The minimum atomic E-state index is -4.95. The number of rotatable bonds is 88. The number of phosphoric ester groups is 2. The van der Waals surface area contributed by atoms with E-state index < -0.39 is 91.5 Å². The smallest absolute Gasteiger partial charge is 0.463 e. The summed E-state index contributed by atoms with van der Waals surface area (Å²) in [5.74, 6) is -1.58. The van der Waals surface area contributed by atoms with Gasteiger partial charge in [-0.25, -0.2) is 9.13 Å². The van der Waals surface area contributed by atoms with E-state index >= 15 is 0 Å². The van der Waals surface area contributed by atoms with Gasteiger partial charge in [-0.1, -0.05) is 384 Å². The quantitative estimate of drug-likeness (QED) is 0.0146. The van der Waals surface area contributed by atoms with Gasteiger partial charge >= 0.3 is 33.6 Å². The van der Waals surface area contributed by atoms with Crippen LogP contribution in [0.2, 0.25) is 0 Å². The third-order valence-corrected chi connectivity index (χ3v) is 21.6. The van der Waals surface area contributed by atoms with Gasteiger partial charge in [0.1, 0.15) is 25.4 Å². The SMILES string of the molecule is CC/C=C\C/C=C\C/C=C\C/C=C\C/C=C\CCCCCCCCCCCCCCCCCCCCCC(=O)OCC(O)COP(=O)(O)OCC(O)COP(=O)(O)OCC(COC(=O)CCCCCCCCCCCCC/C=C\C/C=C\C/C=C\C/C=C\CCCCC)OC(=O)CCCCCCCC/C=C\C/C=C\C/C=C\C/C=C\CC. The second-order valence-electron chi connectivity index (χ2n) is 31.0. The van der Waals surface area contributed by atoms with E-state index in [0.717, 1.165) is 167 Å². The Bertz CT molecular complexity index is 2760. The normalized spacial score (nSPS) is 14.5. The molecule has 0 saturated heterocycles. The van der Waals surface area contributed by atoms with E-state index in [2.05, 4.69) is 179 Å². The number of ether oxygens (including phenoxy) is 3. The Labute approximate surface area is 714 Å². The predicted molar refractivity (Wildman–Crippen MR) is 491 cm³/mol. The highest BCUT2D eigenvalue weighted by Gasteiger charge is 2.29. The van der Waals surface area contributed by atoms with E-state index in [0.29, 0.717) is 19.3 Å². The highest BCUT2D eigenvalue weighted by molar-refractivity contribution is 7.47. The number of aliphatic hydroxyl groups excluding tert-OH is 2. The van der Waals surface area contributed by atoms with E-state index in [1.807, 2.05) is 0 Å². The first-order valence-electron chi connectivity index (χ1n) is 46.8. The Morgan fingerprint density at radius 1 is 0.248 bits per heavy atom. The third kappa shape index (κ3) is 91.7. The number of hydrogen-bond donors (Lipinski definition) is 4. The first kappa shape index (κ1) is 112. The molecular formula is C99H170O16P2. The maximum absolute atomic E-state index is 13.0. The van der Waals surface area contributed by atoms with Gasteiger partial charge in [-0.3, -0.25) is 32.5 Å². The third-order valence-electron chi connectivity index (χ3n) is 19.7. The van der Waals surface area contributed by atoms with Crippen LogP contribution < -0.4 is 0 Å². The van der Waals surface area contributed by atoms with Gasteiger partial charge < -0.3 is 34.2 Å². The monoisotopic (exact) mass is 1680 g/mol. The standard InChI is InChI=1S/C99H170O16P2/c1-4-7-10-13-16-19-22-25-28-31-34-36-38-40-42-43-44-45-46-47-48-49-51-53-54-56-59-61-64-67-70-73-76-79-82-85-97(102)109-88-94(100)89-111-116(105,106)112-90-95(101)91-113-117(107,108)114-93-96(115-99(104)87-84-81-78-75-72-69-66-63-58-33-30-27-24-21-18-15-12-9-6-3)92-110-98(103)86-83-80-77-74-71-68-65-62-60-57-55-52-50-41-39-37-35-32-29-26-23-20-17-14-11-8-5-2/h7,9-10,12,16-21,25-30,34-37,40-42,50,58,63,94-96,100-101H,4-6,8,11,13-15,22-24,31-33,38-39,43-49,51-57,59-62,64-93H2,1-3H3,(H,105,106)(H,107,108)/b10-7-,12-9-,19-16-,20-17-,21-18-,28-25-,29-26-,30-27-,36-34-,37-35-,42-40-,50-41-,63-58-. The Kier molecular flexibility index (Phi) is 86.7. The summed E-state index contributed by atoms with van der Waals surface area (Å²) in [6, 6.07) is 0. The van der Waals surface area contributed by atoms with Crippen LogP contribution in [0, 0.1) is 0 Å². The molecule has 0 saturated carbocycles. The molecule has 18 heteroatoms. The van der Waals surface area contributed by atoms with Crippen LogP contribution in [0.4, 0.5) is 0 Å². The Hall–Kier alpha value is -4.83. The molecule has 16 nitrogen and oxygen atoms in total. The summed E-state index contributed by atoms with van der Waals surface area (Å²) in [6.07, 6.45) is 116. The Morgan fingerprint density at radius 3 is 0.718 bits per heavy atom. The number of phosphoric acid groups is 2. The highest BCUT2D eigenvalue weighted by atomic mass is 31.2. The van der Waals surface area contributed by atoms with Crippen molar-refractivity contribution < 1.29 is 75.8 Å². The molecule has 0 fully saturated rings. The average molecular weight is 1680 g/mol. The lowest BCUT2D eigenvalue weighted by molar-refractivity contribution is -0.161. The molecule has 4 N–H and O–H groups in total. The fourth-order valence-corrected chi connectivity index (χ4v) is 14.3. The molecule has 672 valence electrons. The zero-order valence-electron chi connectivity index (χ0n) is 74.1. The van der Waals surface area contributed by atoms with Crippen molar-refractivity contribution in [2.45, 2.75) is 411 Å². The summed E-state index contributed by atoms with van der Waals surface area (Å²) in [7, 11) is -9.81. The fraction of sp³-hybridized carbons (Fsp3) is 0.707. The highest BCUT2D eigenvalue weighted by Crippen LogP contribution is 2.45. The lowest BCUT2D eigenvalue weighted by atomic mass is 10.0. The molecule has 0 aliphatic carbocycles. The van der Waals surface area contributed by atoms with E-state index in [9.17, 15) is 43.5 Å². The van der Waals surface area contributed by atoms with E-state index in [4.69, 9.17) is 32.3 Å². The molecule has 0 aromatic heterocycles. The van der Waals surface area contributed by atoms with Crippen LogP contribution in [0.15, 0.2) is 158 Å². The van der Waals surface area contributed by atoms with Crippen molar-refractivity contribution in [2.24, 2.45) is 0 Å². The minimum Gasteiger partial charge on any atom is -0.463 e. The van der Waals surface area contributed by atoms with Crippen molar-refractivity contribution >= 4 is 33.6 Å². The lowest BCUT2D eigenvalue weighted by Crippen LogP contribution is -2.30. The van der Waals surface area contributed by atoms with Gasteiger partial charge in [0.25, 0.3) is 0 Å². The van der Waals surface area contributed by atoms with Crippen LogP contribution in [-0.2, 0) is 55.8 Å². The second-order valence-corrected chi connectivity index (χ2v) is 34.0. The topological polar surface area (TPSA) is 231 Å². The van der Waals surface area contributed by atoms with E-state index in [-0.39, 0.29) is 19.3 Å². The molecular weight excluding hydrogens is 1510 g/mol. The molecule has 5 atom stereocenters. The molecule has 117 heavy (non-hydrogen) atoms. The number of esters is 3. The van der Waals surface area contributed by atoms with Crippen LogP contribution in [0.25, 0.3) is 0 Å². The lowest BCUT2D eigenvalue weighted by Gasteiger charge is -2.21. The van der Waals surface area contributed by atoms with Crippen molar-refractivity contribution in [1.82, 2.24) is 0 Å². The second kappa shape index (κ2) is 90.4. The van der Waals surface area contributed by atoms with Gasteiger partial charge in [0.15, 0.2) is 6.10 Å². The average Bonchev–Trinajstić information content (AvgIpc) is 0.904. The molecule has 0 rings (SSSR count). The van der Waals surface area contributed by atoms with Crippen molar-refractivity contribution in [1.29, 1.82) is 0 Å². The molecule has 0 amide bonds. The van der Waals surface area contributed by atoms with Crippen LogP contribution in [0.5, 0.6) is 0 Å². The van der Waals surface area contributed by atoms with Gasteiger partial charge in [-0.2, -0.15) is 0 Å². The number of unbranched alkanes of at least 4 members (excludes halogenated alkanes) is 39. The van der Waals surface area contributed by atoms with Crippen molar-refractivity contribution in [3.8, 4) is 0 Å². The summed E-state index contributed by atoms with van der Waals surface area (Å²) in [5, 5.41) is 20.7. The first-order chi connectivity index (χ1) is 57.2. The van der Waals surface area contributed by atoms with Crippen LogP contribution in [-0.4, -0.2) is 95.9 Å². The largest absolute Gasteiger partial charge is 0.472 e. The molecule has 0 aliphatic rings. The molecule has 0 bridgehead atoms. The van der Waals surface area contributed by atoms with E-state index in [1.54, 1.807) is 0 Å². The molecule has 0 radical (unpaired) electrons. The predicted octanol–water partition coefficient (Wildman–Crippen LogP) is 28.9. The Balaban J connectivity index is 4.50. The van der Waals surface area contributed by atoms with Crippen LogP contribution in [0.1, 0.15) is 393 Å². The molecule has 0 aromatic rings. The van der Waals surface area contributed by atoms with Gasteiger partial charge in [-0.15, -0.1) is 0 Å².